The second kappa shape index (κ2) is 8.20. The van der Waals surface area contributed by atoms with E-state index in [0.717, 1.165) is 29.0 Å². The molecule has 0 fully saturated rings. The Hall–Kier alpha value is -3.00. The molecule has 0 bridgehead atoms. The van der Waals surface area contributed by atoms with Crippen molar-refractivity contribution in [3.8, 4) is 11.8 Å². The molecule has 1 aliphatic heterocycles. The number of hydrogen-bond acceptors (Lipinski definition) is 5. The van der Waals surface area contributed by atoms with E-state index in [2.05, 4.69) is 11.4 Å². The number of nitrogens with zero attached hydrogens (tertiary/aromatic N) is 1. The van der Waals surface area contributed by atoms with Gasteiger partial charge < -0.3 is 21.2 Å². The molecule has 0 radical (unpaired) electrons. The van der Waals surface area contributed by atoms with Gasteiger partial charge in [0.05, 0.1) is 24.3 Å². The van der Waals surface area contributed by atoms with Crippen molar-refractivity contribution in [3.05, 3.63) is 53.1 Å². The average molecular weight is 336 g/mol. The van der Waals surface area contributed by atoms with Gasteiger partial charge in [0.1, 0.15) is 5.75 Å². The zero-order valence-electron chi connectivity index (χ0n) is 14.9. The summed E-state index contributed by atoms with van der Waals surface area (Å²) in [6, 6.07) is 13.4. The molecule has 0 amide bonds. The maximum absolute atomic E-state index is 9.00. The Bertz CT molecular complexity index is 808. The van der Waals surface area contributed by atoms with Crippen molar-refractivity contribution in [3.63, 3.8) is 0 Å². The van der Waals surface area contributed by atoms with Gasteiger partial charge in [-0.2, -0.15) is 5.26 Å². The van der Waals surface area contributed by atoms with Crippen molar-refractivity contribution in [1.82, 2.24) is 0 Å². The first-order chi connectivity index (χ1) is 12.1. The number of nitrogen functional groups attached to an aromatic ring is 1. The second-order valence-electron chi connectivity index (χ2n) is 5.63. The first-order valence-electron chi connectivity index (χ1n) is 8.47. The van der Waals surface area contributed by atoms with Gasteiger partial charge in [0, 0.05) is 34.6 Å². The summed E-state index contributed by atoms with van der Waals surface area (Å²) in [7, 11) is 0. The molecule has 5 nitrogen and oxygen atoms in total. The van der Waals surface area contributed by atoms with Gasteiger partial charge in [-0.1, -0.05) is 19.9 Å². The van der Waals surface area contributed by atoms with Crippen LogP contribution in [0.2, 0.25) is 0 Å². The molecule has 4 N–H and O–H groups in total. The summed E-state index contributed by atoms with van der Waals surface area (Å²) in [5, 5.41) is 20.3. The van der Waals surface area contributed by atoms with Gasteiger partial charge in [-0.3, -0.25) is 0 Å². The molecule has 2 aromatic carbocycles. The molecule has 0 aliphatic carbocycles. The number of benzene rings is 2. The fraction of sp³-hybridized carbons (Fsp3) is 0.300. The molecule has 5 heteroatoms. The van der Waals surface area contributed by atoms with Crippen LogP contribution in [-0.4, -0.2) is 12.3 Å². The Morgan fingerprint density at radius 1 is 1.28 bits per heavy atom. The highest BCUT2D eigenvalue weighted by atomic mass is 16.5. The Morgan fingerprint density at radius 2 is 2.04 bits per heavy atom. The molecule has 1 aliphatic rings. The van der Waals surface area contributed by atoms with Crippen molar-refractivity contribution in [2.45, 2.75) is 33.2 Å². The predicted octanol–water partition coefficient (Wildman–Crippen LogP) is 4.49. The Kier molecular flexibility index (Phi) is 6.02. The van der Waals surface area contributed by atoms with E-state index in [1.165, 1.54) is 0 Å². The lowest BCUT2D eigenvalue weighted by atomic mass is 9.98. The van der Waals surface area contributed by atoms with Crippen LogP contribution in [0.4, 0.5) is 11.4 Å². The van der Waals surface area contributed by atoms with E-state index in [0.29, 0.717) is 23.6 Å². The number of rotatable bonds is 3. The van der Waals surface area contributed by atoms with Gasteiger partial charge in [-0.25, -0.2) is 0 Å². The number of hydrogen-bond donors (Lipinski definition) is 3. The predicted molar refractivity (Wildman–Crippen MR) is 102 cm³/mol. The minimum absolute atomic E-state index is 0.106. The summed E-state index contributed by atoms with van der Waals surface area (Å²) >= 11 is 0. The molecular weight excluding hydrogens is 312 g/mol. The number of anilines is 2. The van der Waals surface area contributed by atoms with Gasteiger partial charge in [0.2, 0.25) is 0 Å². The Morgan fingerprint density at radius 3 is 2.72 bits per heavy atom. The molecule has 0 spiro atoms. The van der Waals surface area contributed by atoms with Crippen LogP contribution in [-0.2, 0) is 0 Å². The molecule has 130 valence electrons. The minimum atomic E-state index is 0.106. The maximum atomic E-state index is 9.00. The van der Waals surface area contributed by atoms with E-state index in [4.69, 9.17) is 21.1 Å². The van der Waals surface area contributed by atoms with Crippen LogP contribution in [0.5, 0.6) is 5.75 Å². The van der Waals surface area contributed by atoms with Gasteiger partial charge >= 0.3 is 0 Å². The molecular formula is C20H24N4O. The van der Waals surface area contributed by atoms with E-state index >= 15 is 0 Å². The minimum Gasteiger partial charge on any atom is -0.493 e. The SMILES string of the molecule is CC.CC(=N)c1cc(NC2CCOc3cc(C#N)ccc32)ccc1N. The van der Waals surface area contributed by atoms with Crippen LogP contribution < -0.4 is 15.8 Å². The van der Waals surface area contributed by atoms with Crippen LogP contribution in [0.3, 0.4) is 0 Å². The zero-order chi connectivity index (χ0) is 18.4. The standard InChI is InChI=1S/C18H18N4O.C2H6/c1-11(20)15-9-13(3-5-16(15)21)22-17-6-7-23-18-8-12(10-19)2-4-14(17)18;1-2/h2-5,8-9,17,20,22H,6-7,21H2,1H3;1-2H3. The summed E-state index contributed by atoms with van der Waals surface area (Å²) in [6.07, 6.45) is 0.835. The van der Waals surface area contributed by atoms with Crippen LogP contribution >= 0.6 is 0 Å². The third-order valence-electron chi connectivity index (χ3n) is 3.98. The summed E-state index contributed by atoms with van der Waals surface area (Å²) in [4.78, 5) is 0. The normalized spacial score (nSPS) is 14.9. The average Bonchev–Trinajstić information content (AvgIpc) is 2.64. The number of nitrogens with two attached hydrogens (primary N) is 1. The third kappa shape index (κ3) is 4.10. The van der Waals surface area contributed by atoms with E-state index in [9.17, 15) is 0 Å². The number of nitriles is 1. The number of fused-ring (bicyclic) bond motifs is 1. The third-order valence-corrected chi connectivity index (χ3v) is 3.98. The summed E-state index contributed by atoms with van der Waals surface area (Å²) < 4.78 is 5.67. The van der Waals surface area contributed by atoms with Crippen molar-refractivity contribution in [2.24, 2.45) is 0 Å². The number of nitrogens with one attached hydrogen (secondary N) is 2. The molecule has 1 unspecified atom stereocenters. The smallest absolute Gasteiger partial charge is 0.125 e. The summed E-state index contributed by atoms with van der Waals surface area (Å²) in [6.45, 7) is 6.33. The quantitative estimate of drug-likeness (QED) is 0.568. The van der Waals surface area contributed by atoms with E-state index in [1.54, 1.807) is 19.1 Å². The van der Waals surface area contributed by atoms with Crippen molar-refractivity contribution in [1.29, 1.82) is 10.7 Å². The lowest BCUT2D eigenvalue weighted by molar-refractivity contribution is 0.274. The molecule has 1 heterocycles. The molecule has 1 atom stereocenters. The van der Waals surface area contributed by atoms with E-state index in [1.807, 2.05) is 38.1 Å². The molecule has 0 aromatic heterocycles. The monoisotopic (exact) mass is 336 g/mol. The highest BCUT2D eigenvalue weighted by molar-refractivity contribution is 6.01. The van der Waals surface area contributed by atoms with Gasteiger partial charge in [-0.15, -0.1) is 0 Å². The molecule has 0 saturated heterocycles. The maximum Gasteiger partial charge on any atom is 0.125 e. The lowest BCUT2D eigenvalue weighted by Crippen LogP contribution is -2.20. The largest absolute Gasteiger partial charge is 0.493 e. The van der Waals surface area contributed by atoms with Crippen LogP contribution in [0.25, 0.3) is 0 Å². The van der Waals surface area contributed by atoms with Crippen LogP contribution in [0, 0.1) is 16.7 Å². The van der Waals surface area contributed by atoms with Crippen LogP contribution in [0.1, 0.15) is 49.9 Å². The van der Waals surface area contributed by atoms with Gasteiger partial charge in [-0.05, 0) is 37.3 Å². The van der Waals surface area contributed by atoms with Crippen molar-refractivity contribution in [2.75, 3.05) is 17.7 Å². The fourth-order valence-electron chi connectivity index (χ4n) is 2.78. The van der Waals surface area contributed by atoms with Gasteiger partial charge in [0.25, 0.3) is 0 Å². The van der Waals surface area contributed by atoms with E-state index in [-0.39, 0.29) is 6.04 Å². The fourth-order valence-corrected chi connectivity index (χ4v) is 2.78. The summed E-state index contributed by atoms with van der Waals surface area (Å²) in [5.74, 6) is 0.756. The topological polar surface area (TPSA) is 94.9 Å². The first kappa shape index (κ1) is 18.3. The highest BCUT2D eigenvalue weighted by Gasteiger charge is 2.22. The Labute approximate surface area is 148 Å². The van der Waals surface area contributed by atoms with Crippen molar-refractivity contribution < 1.29 is 4.74 Å². The molecule has 3 rings (SSSR count). The second-order valence-corrected chi connectivity index (χ2v) is 5.63. The number of ether oxygens (including phenoxy) is 1. The Balaban J connectivity index is 0.00000109. The van der Waals surface area contributed by atoms with Crippen molar-refractivity contribution >= 4 is 17.1 Å². The highest BCUT2D eigenvalue weighted by Crippen LogP contribution is 2.35. The molecule has 25 heavy (non-hydrogen) atoms. The lowest BCUT2D eigenvalue weighted by Gasteiger charge is -2.28. The van der Waals surface area contributed by atoms with Gasteiger partial charge in [0.15, 0.2) is 0 Å². The van der Waals surface area contributed by atoms with Crippen LogP contribution in [0.15, 0.2) is 36.4 Å². The molecule has 2 aromatic rings. The zero-order valence-corrected chi connectivity index (χ0v) is 14.9. The summed E-state index contributed by atoms with van der Waals surface area (Å²) in [5.41, 5.74) is 10.3. The molecule has 0 saturated carbocycles. The first-order valence-corrected chi connectivity index (χ1v) is 8.47. The van der Waals surface area contributed by atoms with E-state index < -0.39 is 0 Å².